The molecule has 0 aromatic heterocycles. The summed E-state index contributed by atoms with van der Waals surface area (Å²) < 4.78 is 10.8. The molecule has 0 saturated carbocycles. The molecule has 100 valence electrons. The van der Waals surface area contributed by atoms with Crippen molar-refractivity contribution >= 4 is 5.91 Å². The van der Waals surface area contributed by atoms with Crippen LogP contribution in [0, 0.1) is 0 Å². The average Bonchev–Trinajstić information content (AvgIpc) is 2.80. The summed E-state index contributed by atoms with van der Waals surface area (Å²) in [6.07, 6.45) is 0.885. The predicted molar refractivity (Wildman–Crippen MR) is 66.0 cm³/mol. The van der Waals surface area contributed by atoms with Gasteiger partial charge in [0.2, 0.25) is 5.91 Å². The summed E-state index contributed by atoms with van der Waals surface area (Å²) in [5.41, 5.74) is -0.246. The minimum atomic E-state index is -0.246. The molecule has 17 heavy (non-hydrogen) atoms. The van der Waals surface area contributed by atoms with Crippen LogP contribution in [0.2, 0.25) is 0 Å². The summed E-state index contributed by atoms with van der Waals surface area (Å²) >= 11 is 0. The van der Waals surface area contributed by atoms with E-state index in [1.807, 2.05) is 18.7 Å². The van der Waals surface area contributed by atoms with Gasteiger partial charge in [-0.1, -0.05) is 0 Å². The molecule has 1 amide bonds. The molecule has 0 spiro atoms. The topological polar surface area (TPSA) is 50.8 Å². The second-order valence-electron chi connectivity index (χ2n) is 4.36. The molecule has 1 N–H and O–H groups in total. The number of methoxy groups -OCH3 is 1. The molecule has 0 aliphatic carbocycles. The maximum absolute atomic E-state index is 11.8. The number of amides is 1. The molecular weight excluding hydrogens is 220 g/mol. The van der Waals surface area contributed by atoms with Crippen LogP contribution in [0.1, 0.15) is 20.3 Å². The third-order valence-electron chi connectivity index (χ3n) is 3.34. The second kappa shape index (κ2) is 6.93. The Morgan fingerprint density at radius 3 is 2.65 bits per heavy atom. The fraction of sp³-hybridized carbons (Fsp3) is 0.917. The molecule has 0 bridgehead atoms. The molecule has 1 unspecified atom stereocenters. The van der Waals surface area contributed by atoms with Gasteiger partial charge in [0.1, 0.15) is 5.60 Å². The lowest BCUT2D eigenvalue weighted by Gasteiger charge is -2.26. The number of likely N-dealkylation sites (N-methyl/N-ethyl adjacent to an activating group) is 1. The number of hydrogen-bond donors (Lipinski definition) is 1. The normalized spacial score (nSPS) is 23.9. The third kappa shape index (κ3) is 3.94. The van der Waals surface area contributed by atoms with Crippen LogP contribution in [0.5, 0.6) is 0 Å². The van der Waals surface area contributed by atoms with Crippen LogP contribution in [0.15, 0.2) is 0 Å². The predicted octanol–water partition coefficient (Wildman–Crippen LogP) is 0.250. The molecule has 5 nitrogen and oxygen atoms in total. The molecule has 1 rings (SSSR count). The van der Waals surface area contributed by atoms with Crippen LogP contribution in [0.4, 0.5) is 0 Å². The number of ether oxygens (including phenoxy) is 2. The molecule has 1 heterocycles. The summed E-state index contributed by atoms with van der Waals surface area (Å²) in [6.45, 7) is 7.87. The third-order valence-corrected chi connectivity index (χ3v) is 3.34. The molecule has 1 aliphatic heterocycles. The molecule has 1 fully saturated rings. The first kappa shape index (κ1) is 14.4. The summed E-state index contributed by atoms with van der Waals surface area (Å²) in [6, 6.07) is 0. The van der Waals surface area contributed by atoms with E-state index >= 15 is 0 Å². The Morgan fingerprint density at radius 2 is 2.18 bits per heavy atom. The highest BCUT2D eigenvalue weighted by Crippen LogP contribution is 2.21. The largest absolute Gasteiger partial charge is 0.378 e. The Bertz CT molecular complexity index is 236. The molecule has 0 aromatic rings. The number of nitrogens with one attached hydrogen (secondary N) is 1. The first-order valence-electron chi connectivity index (χ1n) is 6.29. The Morgan fingerprint density at radius 1 is 1.47 bits per heavy atom. The molecule has 0 radical (unpaired) electrons. The van der Waals surface area contributed by atoms with Crippen molar-refractivity contribution in [1.29, 1.82) is 0 Å². The highest BCUT2D eigenvalue weighted by molar-refractivity contribution is 5.78. The number of rotatable bonds is 7. The van der Waals surface area contributed by atoms with Crippen LogP contribution in [-0.4, -0.2) is 62.9 Å². The maximum Gasteiger partial charge on any atom is 0.236 e. The lowest BCUT2D eigenvalue weighted by atomic mass is 10.0. The minimum absolute atomic E-state index is 0.139. The van der Waals surface area contributed by atoms with E-state index in [0.717, 1.165) is 26.1 Å². The Labute approximate surface area is 103 Å². The summed E-state index contributed by atoms with van der Waals surface area (Å²) in [5, 5.41) is 3.17. The van der Waals surface area contributed by atoms with Gasteiger partial charge >= 0.3 is 0 Å². The van der Waals surface area contributed by atoms with Gasteiger partial charge < -0.3 is 19.7 Å². The van der Waals surface area contributed by atoms with Gasteiger partial charge in [-0.3, -0.25) is 4.79 Å². The zero-order valence-electron chi connectivity index (χ0n) is 11.1. The molecule has 0 aromatic carbocycles. The summed E-state index contributed by atoms with van der Waals surface area (Å²) in [7, 11) is 1.70. The van der Waals surface area contributed by atoms with E-state index in [1.165, 1.54) is 0 Å². The van der Waals surface area contributed by atoms with Gasteiger partial charge in [0.05, 0.1) is 13.2 Å². The maximum atomic E-state index is 11.8. The number of nitrogens with zero attached hydrogens (tertiary/aromatic N) is 1. The standard InChI is InChI=1S/C12H24N2O3/c1-4-14(5-2)11(15)8-13-9-12(16-3)6-7-17-10-12/h13H,4-10H2,1-3H3. The zero-order chi connectivity index (χ0) is 12.7. The van der Waals surface area contributed by atoms with Crippen molar-refractivity contribution in [3.63, 3.8) is 0 Å². The van der Waals surface area contributed by atoms with Gasteiger partial charge in [-0.25, -0.2) is 0 Å². The molecule has 1 aliphatic rings. The van der Waals surface area contributed by atoms with E-state index in [9.17, 15) is 4.79 Å². The van der Waals surface area contributed by atoms with Crippen LogP contribution in [-0.2, 0) is 14.3 Å². The molecule has 1 saturated heterocycles. The Kier molecular flexibility index (Phi) is 5.88. The van der Waals surface area contributed by atoms with Crippen molar-refractivity contribution < 1.29 is 14.3 Å². The van der Waals surface area contributed by atoms with Gasteiger partial charge in [-0.2, -0.15) is 0 Å². The van der Waals surface area contributed by atoms with E-state index in [2.05, 4.69) is 5.32 Å². The highest BCUT2D eigenvalue weighted by Gasteiger charge is 2.34. The second-order valence-corrected chi connectivity index (χ2v) is 4.36. The smallest absolute Gasteiger partial charge is 0.236 e. The number of carbonyl (C=O) groups is 1. The molecular formula is C12H24N2O3. The van der Waals surface area contributed by atoms with E-state index in [1.54, 1.807) is 7.11 Å². The number of carbonyl (C=O) groups excluding carboxylic acids is 1. The van der Waals surface area contributed by atoms with E-state index < -0.39 is 0 Å². The van der Waals surface area contributed by atoms with Crippen LogP contribution in [0.25, 0.3) is 0 Å². The number of hydrogen-bond acceptors (Lipinski definition) is 4. The fourth-order valence-electron chi connectivity index (χ4n) is 2.05. The lowest BCUT2D eigenvalue weighted by Crippen LogP contribution is -2.46. The molecule has 1 atom stereocenters. The highest BCUT2D eigenvalue weighted by atomic mass is 16.5. The van der Waals surface area contributed by atoms with Crippen molar-refractivity contribution in [2.45, 2.75) is 25.9 Å². The van der Waals surface area contributed by atoms with E-state index in [0.29, 0.717) is 19.7 Å². The van der Waals surface area contributed by atoms with Crippen molar-refractivity contribution in [3.05, 3.63) is 0 Å². The van der Waals surface area contributed by atoms with Crippen LogP contribution < -0.4 is 5.32 Å². The van der Waals surface area contributed by atoms with E-state index in [-0.39, 0.29) is 11.5 Å². The summed E-state index contributed by atoms with van der Waals surface area (Å²) in [4.78, 5) is 13.6. The van der Waals surface area contributed by atoms with Gasteiger partial charge in [0, 0.05) is 39.8 Å². The van der Waals surface area contributed by atoms with Crippen molar-refractivity contribution in [2.75, 3.05) is 46.5 Å². The quantitative estimate of drug-likeness (QED) is 0.697. The zero-order valence-corrected chi connectivity index (χ0v) is 11.1. The van der Waals surface area contributed by atoms with Gasteiger partial charge in [0.15, 0.2) is 0 Å². The Balaban J connectivity index is 2.29. The van der Waals surface area contributed by atoms with Gasteiger partial charge in [-0.15, -0.1) is 0 Å². The summed E-state index contributed by atoms with van der Waals surface area (Å²) in [5.74, 6) is 0.139. The monoisotopic (exact) mass is 244 g/mol. The SMILES string of the molecule is CCN(CC)C(=O)CNCC1(OC)CCOC1. The first-order valence-corrected chi connectivity index (χ1v) is 6.29. The van der Waals surface area contributed by atoms with Crippen molar-refractivity contribution in [3.8, 4) is 0 Å². The van der Waals surface area contributed by atoms with Gasteiger partial charge in [-0.05, 0) is 13.8 Å². The fourth-order valence-corrected chi connectivity index (χ4v) is 2.05. The Hall–Kier alpha value is -0.650. The average molecular weight is 244 g/mol. The lowest BCUT2D eigenvalue weighted by molar-refractivity contribution is -0.130. The van der Waals surface area contributed by atoms with E-state index in [4.69, 9.17) is 9.47 Å². The first-order chi connectivity index (χ1) is 8.17. The van der Waals surface area contributed by atoms with Crippen LogP contribution in [0.3, 0.4) is 0 Å². The minimum Gasteiger partial charge on any atom is -0.378 e. The van der Waals surface area contributed by atoms with Gasteiger partial charge in [0.25, 0.3) is 0 Å². The molecule has 5 heteroatoms. The van der Waals surface area contributed by atoms with Crippen molar-refractivity contribution in [1.82, 2.24) is 10.2 Å². The van der Waals surface area contributed by atoms with Crippen LogP contribution >= 0.6 is 0 Å². The van der Waals surface area contributed by atoms with Crippen molar-refractivity contribution in [2.24, 2.45) is 0 Å².